The predicted molar refractivity (Wildman–Crippen MR) is 80.0 cm³/mol. The molecule has 1 aliphatic rings. The summed E-state index contributed by atoms with van der Waals surface area (Å²) in [5.74, 6) is -0.240. The monoisotopic (exact) mass is 269 g/mol. The van der Waals surface area contributed by atoms with Gasteiger partial charge in [-0.2, -0.15) is 0 Å². The number of amides is 1. The maximum absolute atomic E-state index is 11.6. The van der Waals surface area contributed by atoms with Crippen molar-refractivity contribution in [3.05, 3.63) is 0 Å². The first-order valence-corrected chi connectivity index (χ1v) is 7.70. The summed E-state index contributed by atoms with van der Waals surface area (Å²) in [6.45, 7) is 10.5. The van der Waals surface area contributed by atoms with Crippen LogP contribution in [0, 0.1) is 0 Å². The van der Waals surface area contributed by atoms with Crippen molar-refractivity contribution in [1.29, 1.82) is 0 Å². The summed E-state index contributed by atoms with van der Waals surface area (Å²) in [6, 6.07) is 1.11. The molecule has 0 spiro atoms. The average molecular weight is 269 g/mol. The minimum atomic E-state index is -0.565. The third-order valence-corrected chi connectivity index (χ3v) is 3.99. The van der Waals surface area contributed by atoms with Crippen LogP contribution in [-0.4, -0.2) is 41.5 Å². The lowest BCUT2D eigenvalue weighted by atomic mass is 9.93. The van der Waals surface area contributed by atoms with E-state index in [9.17, 15) is 4.79 Å². The van der Waals surface area contributed by atoms with E-state index in [4.69, 9.17) is 5.73 Å². The number of hydrogen-bond acceptors (Lipinski definition) is 3. The van der Waals surface area contributed by atoms with E-state index in [-0.39, 0.29) is 11.9 Å². The Morgan fingerprint density at radius 1 is 1.42 bits per heavy atom. The first-order chi connectivity index (χ1) is 8.89. The molecule has 0 heterocycles. The first-order valence-electron chi connectivity index (χ1n) is 7.70. The molecule has 1 rings (SSSR count). The van der Waals surface area contributed by atoms with Gasteiger partial charge in [0.2, 0.25) is 5.91 Å². The van der Waals surface area contributed by atoms with Gasteiger partial charge in [-0.3, -0.25) is 4.79 Å². The summed E-state index contributed by atoms with van der Waals surface area (Å²) in [6.07, 6.45) is 5.74. The van der Waals surface area contributed by atoms with E-state index in [1.54, 1.807) is 0 Å². The lowest BCUT2D eigenvalue weighted by Gasteiger charge is -2.30. The Morgan fingerprint density at radius 2 is 2.05 bits per heavy atom. The fourth-order valence-corrected chi connectivity index (χ4v) is 2.74. The molecule has 0 bridgehead atoms. The van der Waals surface area contributed by atoms with Crippen LogP contribution >= 0.6 is 0 Å². The van der Waals surface area contributed by atoms with Crippen molar-refractivity contribution >= 4 is 5.91 Å². The molecular weight excluding hydrogens is 238 g/mol. The molecule has 0 aromatic carbocycles. The summed E-state index contributed by atoms with van der Waals surface area (Å²) in [7, 11) is 0. The van der Waals surface area contributed by atoms with E-state index < -0.39 is 5.54 Å². The van der Waals surface area contributed by atoms with Gasteiger partial charge in [-0.15, -0.1) is 0 Å². The highest BCUT2D eigenvalue weighted by atomic mass is 16.1. The second-order valence-electron chi connectivity index (χ2n) is 6.31. The Morgan fingerprint density at radius 3 is 2.47 bits per heavy atom. The van der Waals surface area contributed by atoms with Gasteiger partial charge in [0.05, 0.1) is 5.54 Å². The Hall–Kier alpha value is -0.610. The van der Waals surface area contributed by atoms with Crippen molar-refractivity contribution in [1.82, 2.24) is 10.2 Å². The molecule has 1 unspecified atom stereocenters. The summed E-state index contributed by atoms with van der Waals surface area (Å²) in [5.41, 5.74) is 4.97. The maximum atomic E-state index is 11.6. The summed E-state index contributed by atoms with van der Waals surface area (Å²) >= 11 is 0. The average Bonchev–Trinajstić information content (AvgIpc) is 3.12. The first kappa shape index (κ1) is 16.4. The summed E-state index contributed by atoms with van der Waals surface area (Å²) in [4.78, 5) is 14.2. The molecule has 1 fully saturated rings. The molecule has 1 aliphatic carbocycles. The molecule has 19 heavy (non-hydrogen) atoms. The van der Waals surface area contributed by atoms with Gasteiger partial charge >= 0.3 is 0 Å². The number of carbonyl (C=O) groups excluding carboxylic acids is 1. The van der Waals surface area contributed by atoms with Crippen molar-refractivity contribution in [2.75, 3.05) is 13.1 Å². The van der Waals surface area contributed by atoms with Crippen LogP contribution in [0.25, 0.3) is 0 Å². The third-order valence-electron chi connectivity index (χ3n) is 3.99. The van der Waals surface area contributed by atoms with Crippen molar-refractivity contribution < 1.29 is 4.79 Å². The van der Waals surface area contributed by atoms with E-state index in [0.29, 0.717) is 0 Å². The van der Waals surface area contributed by atoms with Gasteiger partial charge in [0, 0.05) is 12.1 Å². The Labute approximate surface area is 118 Å². The van der Waals surface area contributed by atoms with Crippen molar-refractivity contribution in [3.8, 4) is 0 Å². The van der Waals surface area contributed by atoms with Gasteiger partial charge in [0.1, 0.15) is 0 Å². The largest absolute Gasteiger partial charge is 0.368 e. The topological polar surface area (TPSA) is 58.4 Å². The minimum absolute atomic E-state index is 0.240. The SMILES string of the molecule is CCN(CCCCC(C)(NC(C)C)C(N)=O)C1CC1. The summed E-state index contributed by atoms with van der Waals surface area (Å²) < 4.78 is 0. The molecule has 1 atom stereocenters. The zero-order valence-electron chi connectivity index (χ0n) is 13.0. The van der Waals surface area contributed by atoms with Gasteiger partial charge in [0.25, 0.3) is 0 Å². The molecule has 1 saturated carbocycles. The fraction of sp³-hybridized carbons (Fsp3) is 0.933. The molecule has 3 N–H and O–H groups in total. The lowest BCUT2D eigenvalue weighted by Crippen LogP contribution is -2.55. The molecule has 4 nitrogen and oxygen atoms in total. The molecule has 1 amide bonds. The van der Waals surface area contributed by atoms with E-state index in [0.717, 1.165) is 38.4 Å². The molecule has 4 heteroatoms. The summed E-state index contributed by atoms with van der Waals surface area (Å²) in [5, 5.41) is 3.30. The molecule has 0 radical (unpaired) electrons. The highest BCUT2D eigenvalue weighted by molar-refractivity contribution is 5.84. The molecular formula is C15H31N3O. The number of carbonyl (C=O) groups is 1. The van der Waals surface area contributed by atoms with Crippen LogP contribution in [0.4, 0.5) is 0 Å². The van der Waals surface area contributed by atoms with Gasteiger partial charge in [-0.05, 0) is 66.0 Å². The van der Waals surface area contributed by atoms with Crippen molar-refractivity contribution in [2.45, 2.75) is 77.4 Å². The van der Waals surface area contributed by atoms with Gasteiger partial charge in [-0.25, -0.2) is 0 Å². The van der Waals surface area contributed by atoms with Crippen LogP contribution in [0.5, 0.6) is 0 Å². The maximum Gasteiger partial charge on any atom is 0.237 e. The Kier molecular flexibility index (Phi) is 6.27. The van der Waals surface area contributed by atoms with Gasteiger partial charge in [-0.1, -0.05) is 6.92 Å². The third kappa shape index (κ3) is 5.49. The molecule has 112 valence electrons. The number of unbranched alkanes of at least 4 members (excludes halogenated alkanes) is 1. The number of nitrogens with two attached hydrogens (primary N) is 1. The predicted octanol–water partition coefficient (Wildman–Crippen LogP) is 1.88. The lowest BCUT2D eigenvalue weighted by molar-refractivity contribution is -0.124. The number of primary amides is 1. The van der Waals surface area contributed by atoms with Crippen LogP contribution in [-0.2, 0) is 4.79 Å². The Bertz CT molecular complexity index is 289. The van der Waals surface area contributed by atoms with E-state index in [1.807, 2.05) is 20.8 Å². The van der Waals surface area contributed by atoms with Crippen molar-refractivity contribution in [2.24, 2.45) is 5.73 Å². The highest BCUT2D eigenvalue weighted by Crippen LogP contribution is 2.27. The zero-order chi connectivity index (χ0) is 14.5. The second kappa shape index (κ2) is 7.25. The zero-order valence-corrected chi connectivity index (χ0v) is 13.0. The molecule has 0 aromatic rings. The minimum Gasteiger partial charge on any atom is -0.368 e. The Balaban J connectivity index is 2.29. The molecule has 0 aliphatic heterocycles. The van der Waals surface area contributed by atoms with Gasteiger partial charge in [0.15, 0.2) is 0 Å². The van der Waals surface area contributed by atoms with Crippen LogP contribution < -0.4 is 11.1 Å². The van der Waals surface area contributed by atoms with Crippen LogP contribution in [0.15, 0.2) is 0 Å². The molecule has 0 saturated heterocycles. The van der Waals surface area contributed by atoms with Crippen LogP contribution in [0.3, 0.4) is 0 Å². The highest BCUT2D eigenvalue weighted by Gasteiger charge is 2.31. The number of nitrogens with zero attached hydrogens (tertiary/aromatic N) is 1. The normalized spacial score (nSPS) is 18.8. The fourth-order valence-electron chi connectivity index (χ4n) is 2.74. The van der Waals surface area contributed by atoms with Crippen LogP contribution in [0.1, 0.15) is 59.8 Å². The van der Waals surface area contributed by atoms with E-state index >= 15 is 0 Å². The van der Waals surface area contributed by atoms with Crippen molar-refractivity contribution in [3.63, 3.8) is 0 Å². The van der Waals surface area contributed by atoms with E-state index in [2.05, 4.69) is 17.1 Å². The smallest absolute Gasteiger partial charge is 0.237 e. The number of rotatable bonds is 10. The number of hydrogen-bond donors (Lipinski definition) is 2. The molecule has 0 aromatic heterocycles. The van der Waals surface area contributed by atoms with E-state index in [1.165, 1.54) is 12.8 Å². The standard InChI is InChI=1S/C15H31N3O/c1-5-18(13-8-9-13)11-7-6-10-15(4,14(16)19)17-12(2)3/h12-13,17H,5-11H2,1-4H3,(H2,16,19). The second-order valence-corrected chi connectivity index (χ2v) is 6.31. The number of nitrogens with one attached hydrogen (secondary N) is 1. The quantitative estimate of drug-likeness (QED) is 0.595. The van der Waals surface area contributed by atoms with Gasteiger partial charge < -0.3 is 16.0 Å². The van der Waals surface area contributed by atoms with Crippen LogP contribution in [0.2, 0.25) is 0 Å².